The molecule has 1 unspecified atom stereocenters. The summed E-state index contributed by atoms with van der Waals surface area (Å²) in [6.45, 7) is 0.488. The van der Waals surface area contributed by atoms with Crippen LogP contribution in [0.2, 0.25) is 0 Å². The summed E-state index contributed by atoms with van der Waals surface area (Å²) in [6.07, 6.45) is -0.273. The lowest BCUT2D eigenvalue weighted by Crippen LogP contribution is -2.40. The number of carbonyl (C=O) groups excluding carboxylic acids is 2. The second-order valence-electron chi connectivity index (χ2n) is 5.11. The molecule has 7 heteroatoms. The molecule has 6 nitrogen and oxygen atoms in total. The minimum absolute atomic E-state index is 0.230. The Morgan fingerprint density at radius 2 is 1.88 bits per heavy atom. The fourth-order valence-electron chi connectivity index (χ4n) is 2.03. The summed E-state index contributed by atoms with van der Waals surface area (Å²) in [5.74, 6) is -0.676. The molecule has 0 saturated heterocycles. The largest absolute Gasteiger partial charge is 0.497 e. The van der Waals surface area contributed by atoms with Gasteiger partial charge < -0.3 is 20.5 Å². The Morgan fingerprint density at radius 3 is 2.50 bits per heavy atom. The van der Waals surface area contributed by atoms with Crippen molar-refractivity contribution in [2.75, 3.05) is 13.7 Å². The molecule has 0 fully saturated rings. The highest BCUT2D eigenvalue weighted by atomic mass is 32.1. The van der Waals surface area contributed by atoms with Crippen molar-refractivity contribution in [3.8, 4) is 5.75 Å². The molecule has 3 N–H and O–H groups in total. The first-order chi connectivity index (χ1) is 11.6. The number of nitrogens with one attached hydrogen (secondary N) is 2. The normalized spacial score (nSPS) is 11.6. The Bertz CT molecular complexity index is 656. The highest BCUT2D eigenvalue weighted by Crippen LogP contribution is 2.20. The maximum Gasteiger partial charge on any atom is 0.309 e. The third kappa shape index (κ3) is 5.36. The van der Waals surface area contributed by atoms with Crippen molar-refractivity contribution < 1.29 is 19.4 Å². The molecule has 0 radical (unpaired) electrons. The zero-order valence-electron chi connectivity index (χ0n) is 13.3. The molecule has 0 aliphatic heterocycles. The van der Waals surface area contributed by atoms with E-state index in [-0.39, 0.29) is 13.1 Å². The van der Waals surface area contributed by atoms with Crippen LogP contribution in [0.15, 0.2) is 41.8 Å². The maximum atomic E-state index is 11.7. The number of carbonyl (C=O) groups is 2. The highest BCUT2D eigenvalue weighted by molar-refractivity contribution is 7.10. The molecule has 1 aromatic carbocycles. The van der Waals surface area contributed by atoms with Crippen LogP contribution in [0.5, 0.6) is 5.75 Å². The lowest BCUT2D eigenvalue weighted by Gasteiger charge is -2.10. The third-order valence-corrected chi connectivity index (χ3v) is 4.37. The summed E-state index contributed by atoms with van der Waals surface area (Å²) < 4.78 is 5.05. The smallest absolute Gasteiger partial charge is 0.309 e. The minimum Gasteiger partial charge on any atom is -0.497 e. The number of ether oxygens (including phenoxy) is 1. The first kappa shape index (κ1) is 18.0. The summed E-state index contributed by atoms with van der Waals surface area (Å²) in [5.41, 5.74) is 0.866. The van der Waals surface area contributed by atoms with Gasteiger partial charge in [-0.1, -0.05) is 18.2 Å². The molecule has 0 bridgehead atoms. The molecule has 0 spiro atoms. The van der Waals surface area contributed by atoms with Crippen LogP contribution in [0.3, 0.4) is 0 Å². The van der Waals surface area contributed by atoms with Gasteiger partial charge in [0.25, 0.3) is 0 Å². The topological polar surface area (TPSA) is 87.7 Å². The second-order valence-corrected chi connectivity index (χ2v) is 6.09. The predicted molar refractivity (Wildman–Crippen MR) is 91.7 cm³/mol. The van der Waals surface area contributed by atoms with E-state index in [0.717, 1.165) is 16.2 Å². The standard InChI is InChI=1S/C17H20N2O4S/c1-23-13-6-4-12(5-7-13)11-19-17(22)16(21)18-9-8-14(20)15-3-2-10-24-15/h2-7,10,14,20H,8-9,11H2,1H3,(H,18,21)(H,19,22). The number of amides is 2. The van der Waals surface area contributed by atoms with Crippen molar-refractivity contribution in [3.63, 3.8) is 0 Å². The van der Waals surface area contributed by atoms with E-state index in [1.807, 2.05) is 29.6 Å². The lowest BCUT2D eigenvalue weighted by molar-refractivity contribution is -0.139. The summed E-state index contributed by atoms with van der Waals surface area (Å²) in [6, 6.07) is 10.9. The van der Waals surface area contributed by atoms with E-state index in [4.69, 9.17) is 4.74 Å². The molecular formula is C17H20N2O4S. The van der Waals surface area contributed by atoms with Gasteiger partial charge in [-0.2, -0.15) is 0 Å². The molecule has 2 rings (SSSR count). The van der Waals surface area contributed by atoms with Crippen LogP contribution in [0.1, 0.15) is 23.0 Å². The van der Waals surface area contributed by atoms with Crippen molar-refractivity contribution >= 4 is 23.2 Å². The summed E-state index contributed by atoms with van der Waals surface area (Å²) in [4.78, 5) is 24.3. The van der Waals surface area contributed by atoms with Crippen LogP contribution in [0.4, 0.5) is 0 Å². The summed E-state index contributed by atoms with van der Waals surface area (Å²) >= 11 is 1.45. The second kappa shape index (κ2) is 9.05. The SMILES string of the molecule is COc1ccc(CNC(=O)C(=O)NCCC(O)c2cccs2)cc1. The van der Waals surface area contributed by atoms with Gasteiger partial charge in [-0.25, -0.2) is 0 Å². The van der Waals surface area contributed by atoms with Gasteiger partial charge in [0.1, 0.15) is 5.75 Å². The van der Waals surface area contributed by atoms with Crippen molar-refractivity contribution in [2.24, 2.45) is 0 Å². The monoisotopic (exact) mass is 348 g/mol. The Labute approximate surface area is 144 Å². The Balaban J connectivity index is 1.68. The van der Waals surface area contributed by atoms with E-state index in [1.165, 1.54) is 11.3 Å². The average molecular weight is 348 g/mol. The predicted octanol–water partition coefficient (Wildman–Crippen LogP) is 1.61. The Morgan fingerprint density at radius 1 is 1.17 bits per heavy atom. The molecule has 1 heterocycles. The molecular weight excluding hydrogens is 328 g/mol. The molecule has 1 atom stereocenters. The van der Waals surface area contributed by atoms with Gasteiger partial charge in [0.2, 0.25) is 0 Å². The number of benzene rings is 1. The van der Waals surface area contributed by atoms with Crippen molar-refractivity contribution in [3.05, 3.63) is 52.2 Å². The van der Waals surface area contributed by atoms with E-state index < -0.39 is 17.9 Å². The highest BCUT2D eigenvalue weighted by Gasteiger charge is 2.14. The lowest BCUT2D eigenvalue weighted by atomic mass is 10.2. The number of aliphatic hydroxyl groups excluding tert-OH is 1. The molecule has 0 aliphatic carbocycles. The number of hydrogen-bond donors (Lipinski definition) is 3. The number of thiophene rings is 1. The van der Waals surface area contributed by atoms with Crippen LogP contribution in [0, 0.1) is 0 Å². The van der Waals surface area contributed by atoms with Gasteiger partial charge in [0.15, 0.2) is 0 Å². The van der Waals surface area contributed by atoms with Crippen LogP contribution in [-0.2, 0) is 16.1 Å². The zero-order valence-corrected chi connectivity index (χ0v) is 14.1. The van der Waals surface area contributed by atoms with Crippen LogP contribution in [0.25, 0.3) is 0 Å². The van der Waals surface area contributed by atoms with E-state index >= 15 is 0 Å². The zero-order chi connectivity index (χ0) is 17.4. The van der Waals surface area contributed by atoms with E-state index in [1.54, 1.807) is 19.2 Å². The number of aliphatic hydroxyl groups is 1. The average Bonchev–Trinajstić information content (AvgIpc) is 3.14. The van der Waals surface area contributed by atoms with Gasteiger partial charge >= 0.3 is 11.8 Å². The van der Waals surface area contributed by atoms with Crippen LogP contribution in [-0.4, -0.2) is 30.6 Å². The molecule has 2 aromatic rings. The molecule has 128 valence electrons. The summed E-state index contributed by atoms with van der Waals surface area (Å²) in [5, 5.41) is 16.8. The molecule has 0 aliphatic rings. The summed E-state index contributed by atoms with van der Waals surface area (Å²) in [7, 11) is 1.58. The first-order valence-electron chi connectivity index (χ1n) is 7.50. The molecule has 2 amide bonds. The van der Waals surface area contributed by atoms with Gasteiger partial charge in [-0.05, 0) is 35.6 Å². The minimum atomic E-state index is -0.707. The van der Waals surface area contributed by atoms with E-state index in [2.05, 4.69) is 10.6 Å². The van der Waals surface area contributed by atoms with Crippen molar-refractivity contribution in [1.29, 1.82) is 0 Å². The Hall–Kier alpha value is -2.38. The van der Waals surface area contributed by atoms with E-state index in [0.29, 0.717) is 6.42 Å². The van der Waals surface area contributed by atoms with Gasteiger partial charge in [0.05, 0.1) is 13.2 Å². The van der Waals surface area contributed by atoms with Gasteiger partial charge in [-0.15, -0.1) is 11.3 Å². The fraction of sp³-hybridized carbons (Fsp3) is 0.294. The molecule has 0 saturated carbocycles. The van der Waals surface area contributed by atoms with Crippen molar-refractivity contribution in [1.82, 2.24) is 10.6 Å². The quantitative estimate of drug-likeness (QED) is 0.664. The molecule has 1 aromatic heterocycles. The number of hydrogen-bond acceptors (Lipinski definition) is 5. The van der Waals surface area contributed by atoms with Crippen LogP contribution < -0.4 is 15.4 Å². The first-order valence-corrected chi connectivity index (χ1v) is 8.38. The van der Waals surface area contributed by atoms with Crippen molar-refractivity contribution in [2.45, 2.75) is 19.1 Å². The third-order valence-electron chi connectivity index (χ3n) is 3.39. The number of methoxy groups -OCH3 is 1. The fourth-order valence-corrected chi connectivity index (χ4v) is 2.78. The maximum absolute atomic E-state index is 11.7. The van der Waals surface area contributed by atoms with Crippen LogP contribution >= 0.6 is 11.3 Å². The van der Waals surface area contributed by atoms with Gasteiger partial charge in [0, 0.05) is 18.0 Å². The Kier molecular flexibility index (Phi) is 6.77. The van der Waals surface area contributed by atoms with E-state index in [9.17, 15) is 14.7 Å². The van der Waals surface area contributed by atoms with Gasteiger partial charge in [-0.3, -0.25) is 9.59 Å². The number of rotatable bonds is 7. The molecule has 24 heavy (non-hydrogen) atoms.